The van der Waals surface area contributed by atoms with Gasteiger partial charge in [0.25, 0.3) is 17.2 Å². The van der Waals surface area contributed by atoms with Gasteiger partial charge in [0.05, 0.1) is 13.2 Å². The van der Waals surface area contributed by atoms with Crippen molar-refractivity contribution in [1.82, 2.24) is 19.7 Å². The second-order valence-electron chi connectivity index (χ2n) is 13.0. The van der Waals surface area contributed by atoms with Gasteiger partial charge in [0.15, 0.2) is 6.29 Å². The lowest BCUT2D eigenvalue weighted by molar-refractivity contribution is -0.763. The lowest BCUT2D eigenvalue weighted by Gasteiger charge is -2.37. The first-order chi connectivity index (χ1) is 25.5. The molecule has 3 atom stereocenters. The van der Waals surface area contributed by atoms with Gasteiger partial charge < -0.3 is 24.0 Å². The quantitative estimate of drug-likeness (QED) is 0.118. The summed E-state index contributed by atoms with van der Waals surface area (Å²) in [7, 11) is 0. The molecular formula is C35H36F2N8O8. The molecule has 4 aromatic rings. The van der Waals surface area contributed by atoms with Crippen LogP contribution in [0, 0.1) is 21.7 Å². The number of carbonyl (C=O) groups is 2. The van der Waals surface area contributed by atoms with E-state index in [1.165, 1.54) is 29.5 Å². The predicted octanol–water partition coefficient (Wildman–Crippen LogP) is 3.94. The Morgan fingerprint density at radius 3 is 2.19 bits per heavy atom. The van der Waals surface area contributed by atoms with Crippen LogP contribution in [0.3, 0.4) is 0 Å². The van der Waals surface area contributed by atoms with Crippen LogP contribution in [0.1, 0.15) is 19.4 Å². The normalized spacial score (nSPS) is 21.9. The van der Waals surface area contributed by atoms with Crippen LogP contribution in [0.2, 0.25) is 0 Å². The van der Waals surface area contributed by atoms with Gasteiger partial charge in [0.2, 0.25) is 0 Å². The van der Waals surface area contributed by atoms with Crippen molar-refractivity contribution in [2.24, 2.45) is 0 Å². The minimum atomic E-state index is -1.69. The maximum atomic E-state index is 14.9. The molecule has 3 amide bonds. The topological polar surface area (TPSA) is 158 Å². The highest BCUT2D eigenvalue weighted by atomic mass is 19.1. The molecule has 7 rings (SSSR count). The minimum Gasteiger partial charge on any atom is -0.488 e. The number of carbonyl (C=O) groups excluding carboxylic acids is 2. The average Bonchev–Trinajstić information content (AvgIpc) is 3.86. The van der Waals surface area contributed by atoms with E-state index in [-0.39, 0.29) is 25.3 Å². The second kappa shape index (κ2) is 14.6. The van der Waals surface area contributed by atoms with E-state index in [4.69, 9.17) is 14.2 Å². The van der Waals surface area contributed by atoms with Crippen molar-refractivity contribution < 1.29 is 42.5 Å². The van der Waals surface area contributed by atoms with E-state index >= 15 is 0 Å². The number of urea groups is 1. The molecule has 0 saturated carbocycles. The number of ether oxygens (including phenoxy) is 3. The number of hydrogen-bond acceptors (Lipinski definition) is 12. The molecule has 3 aliphatic rings. The van der Waals surface area contributed by atoms with Crippen LogP contribution in [-0.2, 0) is 31.3 Å². The molecule has 278 valence electrons. The standard InChI is InChI=1S/C35H36F2N8O8/c1-23(2)43-32(46)33(53-45(48)49)44(34(43)47)27-6-4-25(5-7-27)40-13-15-41(16-14-40)26-8-10-28(11-9-26)50-18-31-51-20-35(52-31,19-42-22-38-21-39-42)29-12-3-24(36)17-30(29)37/h3-12,17,21-23,31,33H,13-16,18-20H2,1-2H3/t31-,33?,35+/m0/s1. The molecule has 3 aliphatic heterocycles. The SMILES string of the molecule is CC(C)N1C(=O)C(O[N+](=O)[O-])N(c2ccc(N3CCN(c4ccc(OC[C@H]5OC[C@](Cn6cncn6)(c6ccc(F)cc6F)O5)cc4)CC3)cc2)C1=O. The lowest BCUT2D eigenvalue weighted by atomic mass is 9.94. The fourth-order valence-corrected chi connectivity index (χ4v) is 6.77. The Bertz CT molecular complexity index is 1940. The zero-order valence-corrected chi connectivity index (χ0v) is 28.8. The Kier molecular flexibility index (Phi) is 9.80. The maximum Gasteiger partial charge on any atom is 0.333 e. The van der Waals surface area contributed by atoms with Crippen LogP contribution in [0.25, 0.3) is 0 Å². The third kappa shape index (κ3) is 7.27. The zero-order valence-electron chi connectivity index (χ0n) is 28.8. The van der Waals surface area contributed by atoms with E-state index in [2.05, 4.69) is 24.7 Å². The number of anilines is 3. The first kappa shape index (κ1) is 35.5. The van der Waals surface area contributed by atoms with Crippen molar-refractivity contribution in [1.29, 1.82) is 0 Å². The summed E-state index contributed by atoms with van der Waals surface area (Å²) in [4.78, 5) is 51.8. The Morgan fingerprint density at radius 2 is 1.60 bits per heavy atom. The van der Waals surface area contributed by atoms with E-state index in [0.717, 1.165) is 40.3 Å². The largest absolute Gasteiger partial charge is 0.488 e. The molecule has 4 heterocycles. The molecule has 18 heteroatoms. The Hall–Kier alpha value is -5.88. The van der Waals surface area contributed by atoms with Crippen LogP contribution < -0.4 is 19.4 Å². The van der Waals surface area contributed by atoms with E-state index in [1.54, 1.807) is 26.0 Å². The predicted molar refractivity (Wildman–Crippen MR) is 183 cm³/mol. The number of amides is 3. The van der Waals surface area contributed by atoms with Crippen molar-refractivity contribution in [2.75, 3.05) is 54.1 Å². The van der Waals surface area contributed by atoms with Crippen LogP contribution in [0.5, 0.6) is 5.75 Å². The molecule has 0 N–H and O–H groups in total. The van der Waals surface area contributed by atoms with Gasteiger partial charge in [0, 0.05) is 60.9 Å². The summed E-state index contributed by atoms with van der Waals surface area (Å²) in [5.41, 5.74) is 1.08. The van der Waals surface area contributed by atoms with Crippen LogP contribution in [-0.4, -0.2) is 94.6 Å². The van der Waals surface area contributed by atoms with Gasteiger partial charge in [-0.1, -0.05) is 6.07 Å². The molecule has 0 spiro atoms. The number of imide groups is 1. The van der Waals surface area contributed by atoms with E-state index < -0.39 is 52.8 Å². The van der Waals surface area contributed by atoms with Gasteiger partial charge in [-0.05, 0) is 68.4 Å². The summed E-state index contributed by atoms with van der Waals surface area (Å²) in [6.07, 6.45) is 0.323. The molecule has 1 aromatic heterocycles. The maximum absolute atomic E-state index is 14.9. The first-order valence-electron chi connectivity index (χ1n) is 16.9. The fraction of sp³-hybridized carbons (Fsp3) is 0.371. The molecule has 16 nitrogen and oxygen atoms in total. The fourth-order valence-electron chi connectivity index (χ4n) is 6.77. The van der Waals surface area contributed by atoms with Crippen LogP contribution in [0.4, 0.5) is 30.6 Å². The molecule has 53 heavy (non-hydrogen) atoms. The number of halogens is 2. The number of benzene rings is 3. The summed E-state index contributed by atoms with van der Waals surface area (Å²) in [5.74, 6) is -1.66. The number of piperazine rings is 1. The van der Waals surface area contributed by atoms with Crippen LogP contribution in [0.15, 0.2) is 79.4 Å². The Labute approximate surface area is 302 Å². The number of nitrogens with zero attached hydrogens (tertiary/aromatic N) is 8. The third-order valence-corrected chi connectivity index (χ3v) is 9.32. The van der Waals surface area contributed by atoms with Crippen molar-refractivity contribution in [2.45, 2.75) is 44.6 Å². The van der Waals surface area contributed by atoms with E-state index in [0.29, 0.717) is 24.5 Å². The highest BCUT2D eigenvalue weighted by Crippen LogP contribution is 2.37. The van der Waals surface area contributed by atoms with Crippen LogP contribution >= 0.6 is 0 Å². The van der Waals surface area contributed by atoms with Crippen molar-refractivity contribution in [3.05, 3.63) is 107 Å². The molecule has 3 saturated heterocycles. The van der Waals surface area contributed by atoms with E-state index in [9.17, 15) is 28.5 Å². The molecule has 0 bridgehead atoms. The average molecular weight is 735 g/mol. The number of rotatable bonds is 12. The summed E-state index contributed by atoms with van der Waals surface area (Å²) >= 11 is 0. The van der Waals surface area contributed by atoms with Crippen molar-refractivity contribution in [3.63, 3.8) is 0 Å². The smallest absolute Gasteiger partial charge is 0.333 e. The van der Waals surface area contributed by atoms with Gasteiger partial charge in [-0.25, -0.2) is 23.2 Å². The molecule has 3 fully saturated rings. The molecular weight excluding hydrogens is 698 g/mol. The van der Waals surface area contributed by atoms with Crippen molar-refractivity contribution in [3.8, 4) is 5.75 Å². The monoisotopic (exact) mass is 734 g/mol. The van der Waals surface area contributed by atoms with Gasteiger partial charge in [-0.3, -0.25) is 19.4 Å². The highest BCUT2D eigenvalue weighted by molar-refractivity contribution is 6.13. The van der Waals surface area contributed by atoms with Gasteiger partial charge in [0.1, 0.15) is 42.2 Å². The van der Waals surface area contributed by atoms with Gasteiger partial charge >= 0.3 is 6.03 Å². The number of hydrogen-bond donors (Lipinski definition) is 0. The lowest BCUT2D eigenvalue weighted by Crippen LogP contribution is -2.46. The molecule has 3 aromatic carbocycles. The minimum absolute atomic E-state index is 0.00591. The Balaban J connectivity index is 0.930. The molecule has 1 unspecified atom stereocenters. The van der Waals surface area contributed by atoms with E-state index in [1.807, 2.05) is 36.4 Å². The summed E-state index contributed by atoms with van der Waals surface area (Å²) in [5, 5.41) is 14.1. The number of aromatic nitrogens is 3. The first-order valence-corrected chi connectivity index (χ1v) is 16.9. The third-order valence-electron chi connectivity index (χ3n) is 9.32. The molecule has 0 aliphatic carbocycles. The zero-order chi connectivity index (χ0) is 37.3. The second-order valence-corrected chi connectivity index (χ2v) is 13.0. The van der Waals surface area contributed by atoms with Crippen molar-refractivity contribution >= 4 is 29.0 Å². The van der Waals surface area contributed by atoms with Gasteiger partial charge in [-0.15, -0.1) is 10.1 Å². The summed E-state index contributed by atoms with van der Waals surface area (Å²) in [6.45, 7) is 6.26. The highest BCUT2D eigenvalue weighted by Gasteiger charge is 2.50. The molecule has 0 radical (unpaired) electrons. The van der Waals surface area contributed by atoms with Gasteiger partial charge in [-0.2, -0.15) is 5.10 Å². The summed E-state index contributed by atoms with van der Waals surface area (Å²) in [6, 6.07) is 16.7. The Morgan fingerprint density at radius 1 is 0.962 bits per heavy atom. The summed E-state index contributed by atoms with van der Waals surface area (Å²) < 4.78 is 48.2.